The number of piperidine rings is 1. The molecule has 1 rings (SSSR count). The molecular weight excluding hydrogens is 905 g/mol. The molecule has 0 aromatic heterocycles. The van der Waals surface area contributed by atoms with Gasteiger partial charge >= 0.3 is 0 Å². The standard InChI is InChI=1S/C35H70N2O.C31H64N2O.C2H6/c1-4-5-6-7-8-9-10-11-14-17-20-23-30-37(32-28-35-27-25-29-36(3)33-35)31-24-21-18-15-12-13-16-19-22-26-34(2)38;1-4-7-10-13-16-19-22-25-32(26-23-20-17-14-11-8-5-2)28-29-33(30-31-34)27-24-21-18-15-12-9-6-3;1-2/h35H,4-33H2,1-3H3;31H,4-30H2,1-3H3;1-2H3. The molecule has 0 aliphatic carbocycles. The molecule has 0 spiro atoms. The van der Waals surface area contributed by atoms with Gasteiger partial charge in [-0.3, -0.25) is 4.90 Å². The third-order valence-corrected chi connectivity index (χ3v) is 16.2. The van der Waals surface area contributed by atoms with Crippen LogP contribution >= 0.6 is 0 Å². The highest BCUT2D eigenvalue weighted by Crippen LogP contribution is 2.20. The van der Waals surface area contributed by atoms with Gasteiger partial charge in [0, 0.05) is 26.1 Å². The Balaban J connectivity index is 0. The Hall–Kier alpha value is -0.820. The van der Waals surface area contributed by atoms with Gasteiger partial charge in [-0.05, 0) is 123 Å². The second-order valence-electron chi connectivity index (χ2n) is 23.6. The van der Waals surface area contributed by atoms with E-state index >= 15 is 0 Å². The molecule has 444 valence electrons. The largest absolute Gasteiger partial charge is 0.306 e. The first-order chi connectivity index (χ1) is 36.4. The Morgan fingerprint density at radius 1 is 0.405 bits per heavy atom. The number of carbonyl (C=O) groups excluding carboxylic acids is 2. The number of likely N-dealkylation sites (tertiary alicyclic amines) is 1. The van der Waals surface area contributed by atoms with Gasteiger partial charge in [-0.15, -0.1) is 0 Å². The lowest BCUT2D eigenvalue weighted by molar-refractivity contribution is -0.117. The average molecular weight is 1050 g/mol. The Bertz CT molecular complexity index is 1040. The number of carbonyl (C=O) groups is 2. The summed E-state index contributed by atoms with van der Waals surface area (Å²) in [6, 6.07) is 0. The van der Waals surface area contributed by atoms with Gasteiger partial charge in [-0.25, -0.2) is 0 Å². The molecule has 1 atom stereocenters. The number of hydrogen-bond acceptors (Lipinski definition) is 6. The van der Waals surface area contributed by atoms with Gasteiger partial charge in [0.1, 0.15) is 12.1 Å². The summed E-state index contributed by atoms with van der Waals surface area (Å²) >= 11 is 0. The molecule has 1 aliphatic rings. The lowest BCUT2D eigenvalue weighted by Gasteiger charge is -2.31. The second-order valence-corrected chi connectivity index (χ2v) is 23.6. The lowest BCUT2D eigenvalue weighted by Crippen LogP contribution is -2.37. The Morgan fingerprint density at radius 2 is 0.689 bits per heavy atom. The van der Waals surface area contributed by atoms with Crippen molar-refractivity contribution in [2.24, 2.45) is 5.92 Å². The van der Waals surface area contributed by atoms with E-state index in [9.17, 15) is 9.59 Å². The molecule has 0 saturated carbocycles. The maximum Gasteiger partial charge on any atom is 0.133 e. The number of rotatable bonds is 57. The monoisotopic (exact) mass is 1050 g/mol. The number of hydrogen-bond donors (Lipinski definition) is 0. The summed E-state index contributed by atoms with van der Waals surface area (Å²) in [6.07, 6.45) is 64.3. The van der Waals surface area contributed by atoms with E-state index in [4.69, 9.17) is 0 Å². The van der Waals surface area contributed by atoms with E-state index in [1.807, 2.05) is 13.8 Å². The van der Waals surface area contributed by atoms with Crippen molar-refractivity contribution in [3.05, 3.63) is 0 Å². The smallest absolute Gasteiger partial charge is 0.133 e. The van der Waals surface area contributed by atoms with Gasteiger partial charge < -0.3 is 24.3 Å². The summed E-state index contributed by atoms with van der Waals surface area (Å²) in [5.74, 6) is 1.28. The maximum absolute atomic E-state index is 11.2. The first-order valence-electron chi connectivity index (χ1n) is 34.2. The van der Waals surface area contributed by atoms with E-state index in [-0.39, 0.29) is 0 Å². The van der Waals surface area contributed by atoms with Gasteiger partial charge in [-0.2, -0.15) is 0 Å². The summed E-state index contributed by atoms with van der Waals surface area (Å²) < 4.78 is 0. The van der Waals surface area contributed by atoms with Gasteiger partial charge in [0.2, 0.25) is 0 Å². The highest BCUT2D eigenvalue weighted by molar-refractivity contribution is 5.75. The minimum atomic E-state index is 0.351. The van der Waals surface area contributed by atoms with Crippen LogP contribution in [0.5, 0.6) is 0 Å². The van der Waals surface area contributed by atoms with Crippen LogP contribution in [-0.4, -0.2) is 111 Å². The topological polar surface area (TPSA) is 47.1 Å². The summed E-state index contributed by atoms with van der Waals surface area (Å²) in [7, 11) is 2.31. The van der Waals surface area contributed by atoms with Gasteiger partial charge in [-0.1, -0.05) is 273 Å². The quantitative estimate of drug-likeness (QED) is 0.0447. The van der Waals surface area contributed by atoms with Crippen LogP contribution in [0, 0.1) is 5.92 Å². The fourth-order valence-electron chi connectivity index (χ4n) is 11.2. The Kier molecular flexibility index (Phi) is 65.8. The van der Waals surface area contributed by atoms with Crippen molar-refractivity contribution in [2.45, 2.75) is 344 Å². The van der Waals surface area contributed by atoms with Crippen LogP contribution in [-0.2, 0) is 9.59 Å². The normalized spacial score (nSPS) is 13.9. The number of unbranched alkanes of at least 4 members (excludes halogenated alkanes) is 37. The van der Waals surface area contributed by atoms with Crippen molar-refractivity contribution >= 4 is 12.1 Å². The fourth-order valence-corrected chi connectivity index (χ4v) is 11.2. The van der Waals surface area contributed by atoms with Crippen molar-refractivity contribution in [1.29, 1.82) is 0 Å². The lowest BCUT2D eigenvalue weighted by atomic mass is 9.95. The Morgan fingerprint density at radius 3 is 1.00 bits per heavy atom. The molecule has 1 saturated heterocycles. The van der Waals surface area contributed by atoms with Crippen molar-refractivity contribution in [3.8, 4) is 0 Å². The first kappa shape index (κ1) is 75.3. The molecule has 6 heteroatoms. The summed E-state index contributed by atoms with van der Waals surface area (Å²) in [5.41, 5.74) is 0. The molecule has 6 nitrogen and oxygen atoms in total. The fraction of sp³-hybridized carbons (Fsp3) is 0.971. The second kappa shape index (κ2) is 64.7. The van der Waals surface area contributed by atoms with E-state index in [1.54, 1.807) is 6.92 Å². The van der Waals surface area contributed by atoms with Gasteiger partial charge in [0.15, 0.2) is 0 Å². The van der Waals surface area contributed by atoms with Crippen molar-refractivity contribution in [3.63, 3.8) is 0 Å². The summed E-state index contributed by atoms with van der Waals surface area (Å²) in [6.45, 7) is 27.9. The first-order valence-corrected chi connectivity index (χ1v) is 34.2. The van der Waals surface area contributed by atoms with Crippen LogP contribution < -0.4 is 0 Å². The van der Waals surface area contributed by atoms with Crippen LogP contribution in [0.2, 0.25) is 0 Å². The zero-order valence-corrected chi connectivity index (χ0v) is 52.6. The average Bonchev–Trinajstić information content (AvgIpc) is 3.40. The molecule has 1 fully saturated rings. The van der Waals surface area contributed by atoms with Crippen LogP contribution in [0.1, 0.15) is 344 Å². The summed E-state index contributed by atoms with van der Waals surface area (Å²) in [4.78, 5) is 32.8. The molecular formula is C68H140N4O2. The van der Waals surface area contributed by atoms with E-state index in [1.165, 1.54) is 328 Å². The van der Waals surface area contributed by atoms with Crippen LogP contribution in [0.15, 0.2) is 0 Å². The predicted octanol–water partition coefficient (Wildman–Crippen LogP) is 20.3. The number of aldehydes is 1. The third-order valence-electron chi connectivity index (χ3n) is 16.2. The molecule has 74 heavy (non-hydrogen) atoms. The molecule has 0 aromatic carbocycles. The van der Waals surface area contributed by atoms with E-state index in [0.717, 1.165) is 44.7 Å². The highest BCUT2D eigenvalue weighted by atomic mass is 16.1. The minimum Gasteiger partial charge on any atom is -0.306 e. The number of Topliss-reactive ketones (excluding diaryl/α,β-unsaturated/α-hetero) is 1. The highest BCUT2D eigenvalue weighted by Gasteiger charge is 2.18. The SMILES string of the molecule is CC.CCCCCCCCCCCCCCN(CCCCCCCCCCCC(C)=O)CCC1CCCN(C)C1.CCCCCCCCCN(CC=O)CCN(CCCCCCCCC)CCCCCCCCC. The molecule has 1 unspecified atom stereocenters. The van der Waals surface area contributed by atoms with Gasteiger partial charge in [0.05, 0.1) is 6.54 Å². The maximum atomic E-state index is 11.2. The third kappa shape index (κ3) is 58.9. The molecule has 1 heterocycles. The van der Waals surface area contributed by atoms with Crippen LogP contribution in [0.3, 0.4) is 0 Å². The number of nitrogens with zero attached hydrogens (tertiary/aromatic N) is 4. The minimum absolute atomic E-state index is 0.351. The predicted molar refractivity (Wildman–Crippen MR) is 333 cm³/mol. The summed E-state index contributed by atoms with van der Waals surface area (Å²) in [5, 5.41) is 0. The molecule has 0 radical (unpaired) electrons. The Labute approximate surface area is 468 Å². The van der Waals surface area contributed by atoms with Crippen molar-refractivity contribution in [2.75, 3.05) is 79.0 Å². The molecule has 0 amide bonds. The molecule has 0 bridgehead atoms. The molecule has 0 N–H and O–H groups in total. The van der Waals surface area contributed by atoms with Crippen molar-refractivity contribution in [1.82, 2.24) is 19.6 Å². The molecule has 0 aromatic rings. The van der Waals surface area contributed by atoms with Gasteiger partial charge in [0.25, 0.3) is 0 Å². The van der Waals surface area contributed by atoms with Crippen LogP contribution in [0.4, 0.5) is 0 Å². The zero-order chi connectivity index (χ0) is 54.5. The van der Waals surface area contributed by atoms with E-state index < -0.39 is 0 Å². The zero-order valence-electron chi connectivity index (χ0n) is 52.6. The molecule has 1 aliphatic heterocycles. The van der Waals surface area contributed by atoms with Crippen molar-refractivity contribution < 1.29 is 9.59 Å². The van der Waals surface area contributed by atoms with E-state index in [2.05, 4.69) is 54.3 Å². The number of ketones is 1. The van der Waals surface area contributed by atoms with Crippen LogP contribution in [0.25, 0.3) is 0 Å². The van der Waals surface area contributed by atoms with E-state index in [0.29, 0.717) is 12.3 Å².